The minimum Gasteiger partial charge on any atom is -0.478 e. The fourth-order valence-electron chi connectivity index (χ4n) is 0.229. The lowest BCUT2D eigenvalue weighted by Crippen LogP contribution is -2.13. The van der Waals surface area contributed by atoms with Gasteiger partial charge in [-0.15, -0.1) is 4.47 Å². The molecule has 0 aromatic heterocycles. The number of carboxylic acids is 1. The van der Waals surface area contributed by atoms with E-state index in [1.807, 2.05) is 5.43 Å². The Balaban J connectivity index is 0. The lowest BCUT2D eigenvalue weighted by Gasteiger charge is -1.85. The molecule has 0 fully saturated rings. The first-order valence-electron chi connectivity index (χ1n) is 2.85. The Morgan fingerprint density at radius 2 is 1.79 bits per heavy atom. The van der Waals surface area contributed by atoms with Gasteiger partial charge in [0.25, 0.3) is 5.91 Å². The number of amides is 1. The summed E-state index contributed by atoms with van der Waals surface area (Å²) in [6.07, 6.45) is 1.51. The van der Waals surface area contributed by atoms with Gasteiger partial charge in [-0.3, -0.25) is 4.79 Å². The number of hydrogen-bond acceptors (Lipinski definition) is 4. The molecule has 0 aliphatic rings. The van der Waals surface area contributed by atoms with Crippen LogP contribution in [-0.4, -0.2) is 21.3 Å². The number of nitrogens with zero attached hydrogens (tertiary/aromatic N) is 1. The third-order valence-corrected chi connectivity index (χ3v) is 0.624. The van der Waals surface area contributed by atoms with Crippen LogP contribution >= 0.6 is 34.8 Å². The van der Waals surface area contributed by atoms with Crippen molar-refractivity contribution in [3.05, 3.63) is 12.2 Å². The zero-order valence-corrected chi connectivity index (χ0v) is 9.57. The summed E-state index contributed by atoms with van der Waals surface area (Å²) in [5.74, 6) is -1.85. The van der Waals surface area contributed by atoms with Crippen molar-refractivity contribution in [1.82, 2.24) is 5.43 Å². The maximum atomic E-state index is 10.3. The Hall–Kier alpha value is -0.430. The predicted molar refractivity (Wildman–Crippen MR) is 56.1 cm³/mol. The van der Waals surface area contributed by atoms with Gasteiger partial charge in [0.2, 0.25) is 0 Å². The average Bonchev–Trinajstić information content (AvgIpc) is 2.00. The molecule has 0 rings (SSSR count). The molecule has 14 heavy (non-hydrogen) atoms. The van der Waals surface area contributed by atoms with E-state index in [-0.39, 0.29) is 0 Å². The van der Waals surface area contributed by atoms with Gasteiger partial charge in [-0.1, -0.05) is 34.8 Å². The van der Waals surface area contributed by atoms with Crippen molar-refractivity contribution in [2.75, 3.05) is 0 Å². The molecule has 0 unspecified atom stereocenters. The van der Waals surface area contributed by atoms with Crippen LogP contribution in [0.15, 0.2) is 16.6 Å². The van der Waals surface area contributed by atoms with E-state index in [0.717, 1.165) is 6.08 Å². The lowest BCUT2D eigenvalue weighted by molar-refractivity contribution is -0.131. The van der Waals surface area contributed by atoms with E-state index in [1.165, 1.54) is 0 Å². The monoisotopic (exact) mass is 278 g/mol. The highest BCUT2D eigenvalue weighted by Gasteiger charge is 1.92. The van der Waals surface area contributed by atoms with Crippen molar-refractivity contribution in [2.45, 2.75) is 4.30 Å². The number of carbonyl (C=O) groups is 2. The van der Waals surface area contributed by atoms with Crippen molar-refractivity contribution in [2.24, 2.45) is 4.47 Å². The van der Waals surface area contributed by atoms with Gasteiger partial charge in [-0.25, -0.2) is 10.2 Å². The minimum atomic E-state index is -1.19. The van der Waals surface area contributed by atoms with Crippen molar-refractivity contribution >= 4 is 59.1 Å². The van der Waals surface area contributed by atoms with Gasteiger partial charge in [0.05, 0.1) is 12.4 Å². The summed E-state index contributed by atoms with van der Waals surface area (Å²) < 4.78 is 2.10. The highest BCUT2D eigenvalue weighted by molar-refractivity contribution is 7.47. The van der Waals surface area contributed by atoms with E-state index in [4.69, 9.17) is 39.9 Å². The van der Waals surface area contributed by atoms with Gasteiger partial charge < -0.3 is 5.11 Å². The second-order valence-corrected chi connectivity index (χ2v) is 3.65. The van der Waals surface area contributed by atoms with Crippen LogP contribution in [-0.2, 0) is 22.0 Å². The maximum Gasteiger partial charge on any atom is 0.328 e. The Morgan fingerprint density at radius 3 is 2.07 bits per heavy atom. The summed E-state index contributed by atoms with van der Waals surface area (Å²) in [6, 6.07) is 0. The third-order valence-electron chi connectivity index (χ3n) is 0.533. The Kier molecular flexibility index (Phi) is 12.2. The number of nitrogens with one attached hydrogen (secondary N) is 1. The first-order chi connectivity index (χ1) is 6.40. The molecule has 80 valence electrons. The van der Waals surface area contributed by atoms with E-state index in [2.05, 4.69) is 16.9 Å². The normalized spacial score (nSPS) is 9.14. The molecule has 1 amide bonds. The van der Waals surface area contributed by atoms with Crippen LogP contribution in [0.25, 0.3) is 0 Å². The highest BCUT2D eigenvalue weighted by Crippen LogP contribution is 2.03. The van der Waals surface area contributed by atoms with Crippen LogP contribution in [0.2, 0.25) is 0 Å². The molecule has 0 aliphatic carbocycles. The highest BCUT2D eigenvalue weighted by atomic mass is 35.6. The Morgan fingerprint density at radius 1 is 1.36 bits per heavy atom. The molecular formula is C5H5Cl3N2O3S. The maximum absolute atomic E-state index is 10.3. The second kappa shape index (κ2) is 10.6. The summed E-state index contributed by atoms with van der Waals surface area (Å²) in [7, 11) is 0. The van der Waals surface area contributed by atoms with Crippen LogP contribution in [0.1, 0.15) is 0 Å². The third kappa shape index (κ3) is 22.6. The number of alkyl halides is 3. The number of hydrogen-bond donors (Lipinski definition) is 2. The van der Waals surface area contributed by atoms with Crippen molar-refractivity contribution in [3.63, 3.8) is 0 Å². The van der Waals surface area contributed by atoms with Gasteiger partial charge >= 0.3 is 5.97 Å². The Bertz CT molecular complexity index is 232. The Labute approximate surface area is 100 Å². The fraction of sp³-hybridized carbons (Fsp3) is 0.200. The van der Waals surface area contributed by atoms with E-state index < -0.39 is 16.2 Å². The number of aliphatic carboxylic acids is 1. The first-order valence-corrected chi connectivity index (χ1v) is 4.53. The predicted octanol–water partition coefficient (Wildman–Crippen LogP) is 1.38. The summed E-state index contributed by atoms with van der Waals surface area (Å²) in [6.45, 7) is 0. The average molecular weight is 280 g/mol. The molecule has 0 atom stereocenters. The van der Waals surface area contributed by atoms with Crippen LogP contribution < -0.4 is 5.43 Å². The molecular weight excluding hydrogens is 274 g/mol. The summed E-state index contributed by atoms with van der Waals surface area (Å²) in [4.78, 5) is 20.1. The van der Waals surface area contributed by atoms with E-state index in [9.17, 15) is 9.59 Å². The van der Waals surface area contributed by atoms with Crippen LogP contribution in [0, 0.1) is 0 Å². The summed E-state index contributed by atoms with van der Waals surface area (Å²) in [5, 5.41) is 8.01. The smallest absolute Gasteiger partial charge is 0.328 e. The molecule has 0 radical (unpaired) electrons. The molecule has 0 saturated carbocycles. The van der Waals surface area contributed by atoms with E-state index >= 15 is 0 Å². The second-order valence-electron chi connectivity index (χ2n) is 1.49. The molecule has 0 bridgehead atoms. The van der Waals surface area contributed by atoms with Gasteiger partial charge in [0.15, 0.2) is 4.30 Å². The van der Waals surface area contributed by atoms with Crippen molar-refractivity contribution < 1.29 is 14.7 Å². The zero-order chi connectivity index (χ0) is 11.6. The van der Waals surface area contributed by atoms with Crippen LogP contribution in [0.5, 0.6) is 0 Å². The van der Waals surface area contributed by atoms with Gasteiger partial charge in [0, 0.05) is 12.2 Å². The molecule has 0 aromatic rings. The van der Waals surface area contributed by atoms with Crippen LogP contribution in [0.3, 0.4) is 0 Å². The minimum absolute atomic E-state index is 0.655. The zero-order valence-electron chi connectivity index (χ0n) is 6.49. The lowest BCUT2D eigenvalue weighted by atomic mass is 10.5. The number of rotatable bonds is 3. The standard InChI is InChI=1S/C4H4N2O3S.CHCl3/c7-3(5-6-10)1-2-4(8)9;2-1(3)4/h1-2H,(H,8,9)(H,5,7,10);1H. The van der Waals surface area contributed by atoms with Crippen molar-refractivity contribution in [3.8, 4) is 0 Å². The topological polar surface area (TPSA) is 78.8 Å². The molecule has 0 spiro atoms. The molecule has 0 aliphatic heterocycles. The first kappa shape index (κ1) is 16.0. The number of halogens is 3. The number of carbonyl (C=O) groups excluding carboxylic acids is 1. The largest absolute Gasteiger partial charge is 0.478 e. The van der Waals surface area contributed by atoms with E-state index in [1.54, 1.807) is 0 Å². The molecule has 0 saturated heterocycles. The summed E-state index contributed by atoms with van der Waals surface area (Å²) in [5.41, 5.74) is 1.85. The summed E-state index contributed by atoms with van der Waals surface area (Å²) >= 11 is 18.4. The van der Waals surface area contributed by atoms with Gasteiger partial charge in [-0.2, -0.15) is 0 Å². The molecule has 9 heteroatoms. The quantitative estimate of drug-likeness (QED) is 0.465. The molecule has 0 aromatic carbocycles. The number of carboxylic acid groups (broad SMARTS) is 1. The molecule has 5 nitrogen and oxygen atoms in total. The van der Waals surface area contributed by atoms with Gasteiger partial charge in [0.1, 0.15) is 0 Å². The van der Waals surface area contributed by atoms with E-state index in [0.29, 0.717) is 6.08 Å². The fourth-order valence-corrected chi connectivity index (χ4v) is 0.319. The SMILES string of the molecule is ClC(Cl)Cl.O=C(O)C=CC(=O)NN=S. The van der Waals surface area contributed by atoms with Crippen molar-refractivity contribution in [1.29, 1.82) is 0 Å². The van der Waals surface area contributed by atoms with Gasteiger partial charge in [-0.05, 0) is 0 Å². The van der Waals surface area contributed by atoms with Crippen LogP contribution in [0.4, 0.5) is 0 Å². The molecule has 2 N–H and O–H groups in total. The molecule has 0 heterocycles.